The lowest BCUT2D eigenvalue weighted by Gasteiger charge is -2.24. The van der Waals surface area contributed by atoms with Crippen molar-refractivity contribution in [1.29, 1.82) is 0 Å². The number of amides is 2. The summed E-state index contributed by atoms with van der Waals surface area (Å²) in [5, 5.41) is 3.40. The predicted octanol–water partition coefficient (Wildman–Crippen LogP) is 4.64. The van der Waals surface area contributed by atoms with Gasteiger partial charge in [0.1, 0.15) is 0 Å². The van der Waals surface area contributed by atoms with Crippen molar-refractivity contribution in [3.63, 3.8) is 0 Å². The van der Waals surface area contributed by atoms with E-state index >= 15 is 0 Å². The van der Waals surface area contributed by atoms with E-state index in [1.165, 1.54) is 0 Å². The number of hydrogen-bond donors (Lipinski definition) is 1. The minimum absolute atomic E-state index is 0.0795. The first-order valence-electron chi connectivity index (χ1n) is 10.7. The summed E-state index contributed by atoms with van der Waals surface area (Å²) >= 11 is 6.11. The van der Waals surface area contributed by atoms with Crippen molar-refractivity contribution in [3.8, 4) is 11.8 Å². The molecule has 33 heavy (non-hydrogen) atoms. The molecule has 2 heterocycles. The van der Waals surface area contributed by atoms with E-state index in [9.17, 15) is 9.59 Å². The van der Waals surface area contributed by atoms with Crippen molar-refractivity contribution in [1.82, 2.24) is 4.90 Å². The van der Waals surface area contributed by atoms with Crippen LogP contribution in [0.5, 0.6) is 0 Å². The van der Waals surface area contributed by atoms with Gasteiger partial charge in [-0.3, -0.25) is 9.59 Å². The average molecular weight is 462 g/mol. The number of nitrogens with one attached hydrogen (secondary N) is 1. The van der Waals surface area contributed by atoms with Gasteiger partial charge in [0.25, 0.3) is 5.91 Å². The lowest BCUT2D eigenvalue weighted by Crippen LogP contribution is -2.37. The highest BCUT2D eigenvalue weighted by molar-refractivity contribution is 6.31. The number of likely N-dealkylation sites (N-methyl/N-ethyl adjacent to an activating group) is 1. The zero-order valence-corrected chi connectivity index (χ0v) is 19.2. The number of furan rings is 1. The number of carbonyl (C=O) groups excluding carboxylic acids is 2. The number of anilines is 2. The molecule has 2 amide bonds. The molecule has 168 valence electrons. The highest BCUT2D eigenvalue weighted by atomic mass is 35.5. The van der Waals surface area contributed by atoms with Crippen LogP contribution in [0.2, 0.25) is 5.02 Å². The third-order valence-electron chi connectivity index (χ3n) is 5.72. The Morgan fingerprint density at radius 3 is 2.58 bits per heavy atom. The van der Waals surface area contributed by atoms with Crippen LogP contribution in [0.4, 0.5) is 11.4 Å². The van der Waals surface area contributed by atoms with Gasteiger partial charge in [0.2, 0.25) is 5.91 Å². The van der Waals surface area contributed by atoms with Gasteiger partial charge in [-0.1, -0.05) is 29.7 Å². The second-order valence-electron chi connectivity index (χ2n) is 7.91. The van der Waals surface area contributed by atoms with Crippen LogP contribution in [0.25, 0.3) is 0 Å². The van der Waals surface area contributed by atoms with Crippen molar-refractivity contribution < 1.29 is 14.0 Å². The van der Waals surface area contributed by atoms with Gasteiger partial charge in [-0.2, -0.15) is 0 Å². The average Bonchev–Trinajstić information content (AvgIpc) is 3.49. The molecule has 0 spiro atoms. The summed E-state index contributed by atoms with van der Waals surface area (Å²) in [5.74, 6) is 6.13. The molecule has 1 aromatic heterocycles. The van der Waals surface area contributed by atoms with Crippen LogP contribution in [0, 0.1) is 11.8 Å². The van der Waals surface area contributed by atoms with Gasteiger partial charge in [0.15, 0.2) is 11.5 Å². The molecular weight excluding hydrogens is 438 g/mol. The Kier molecular flexibility index (Phi) is 6.71. The molecule has 1 N–H and O–H groups in total. The van der Waals surface area contributed by atoms with Gasteiger partial charge in [0.05, 0.1) is 11.1 Å². The van der Waals surface area contributed by atoms with E-state index in [-0.39, 0.29) is 23.6 Å². The van der Waals surface area contributed by atoms with E-state index in [2.05, 4.69) is 22.1 Å². The lowest BCUT2D eigenvalue weighted by atomic mass is 10.2. The largest absolute Gasteiger partial charge is 0.443 e. The topological polar surface area (TPSA) is 65.8 Å². The highest BCUT2D eigenvalue weighted by Crippen LogP contribution is 2.24. The molecule has 1 atom stereocenters. The SMILES string of the molecule is CC(=O)N(C)C1CCN(c2ccc(NC(=O)c3ccc(C#Cc4ccccc4Cl)o3)cc2)C1. The van der Waals surface area contributed by atoms with Gasteiger partial charge in [-0.15, -0.1) is 0 Å². The Bertz CT molecular complexity index is 1220. The van der Waals surface area contributed by atoms with Crippen molar-refractivity contribution in [2.45, 2.75) is 19.4 Å². The zero-order valence-electron chi connectivity index (χ0n) is 18.5. The van der Waals surface area contributed by atoms with Crippen molar-refractivity contribution >= 4 is 34.8 Å². The molecule has 6 nitrogen and oxygen atoms in total. The van der Waals surface area contributed by atoms with Crippen LogP contribution in [-0.4, -0.2) is 42.9 Å². The van der Waals surface area contributed by atoms with Gasteiger partial charge >= 0.3 is 0 Å². The summed E-state index contributed by atoms with van der Waals surface area (Å²) in [6.45, 7) is 3.28. The smallest absolute Gasteiger partial charge is 0.291 e. The molecule has 0 saturated carbocycles. The monoisotopic (exact) mass is 461 g/mol. The third kappa shape index (κ3) is 5.39. The number of rotatable bonds is 4. The van der Waals surface area contributed by atoms with E-state index in [0.29, 0.717) is 22.0 Å². The third-order valence-corrected chi connectivity index (χ3v) is 6.05. The van der Waals surface area contributed by atoms with E-state index < -0.39 is 0 Å². The van der Waals surface area contributed by atoms with Crippen LogP contribution >= 0.6 is 11.6 Å². The molecule has 1 fully saturated rings. The van der Waals surface area contributed by atoms with Crippen LogP contribution in [-0.2, 0) is 4.79 Å². The Hall–Kier alpha value is -3.69. The molecule has 1 saturated heterocycles. The molecule has 4 rings (SSSR count). The van der Waals surface area contributed by atoms with Crippen LogP contribution in [0.15, 0.2) is 65.1 Å². The van der Waals surface area contributed by atoms with Crippen LogP contribution in [0.3, 0.4) is 0 Å². The van der Waals surface area contributed by atoms with E-state index in [1.807, 2.05) is 49.5 Å². The van der Waals surface area contributed by atoms with Crippen molar-refractivity contribution in [2.75, 3.05) is 30.4 Å². The summed E-state index contributed by atoms with van der Waals surface area (Å²) in [5.41, 5.74) is 2.42. The van der Waals surface area contributed by atoms with Crippen LogP contribution < -0.4 is 10.2 Å². The molecule has 0 aliphatic carbocycles. The number of carbonyl (C=O) groups is 2. The Labute approximate surface area is 198 Å². The van der Waals surface area contributed by atoms with Gasteiger partial charge < -0.3 is 19.5 Å². The summed E-state index contributed by atoms with van der Waals surface area (Å²) in [6.07, 6.45) is 0.939. The standard InChI is InChI=1S/C26H24ClN3O3/c1-18(31)29(2)22-15-16-30(17-22)21-10-8-20(9-11-21)28-26(32)25-14-13-23(33-25)12-7-19-5-3-4-6-24(19)27/h3-6,8-11,13-14,22H,15-17H2,1-2H3,(H,28,32). The molecule has 1 aliphatic heterocycles. The fourth-order valence-electron chi connectivity index (χ4n) is 3.72. The molecule has 0 bridgehead atoms. The predicted molar refractivity (Wildman–Crippen MR) is 130 cm³/mol. The minimum atomic E-state index is -0.349. The molecule has 2 aromatic carbocycles. The first-order chi connectivity index (χ1) is 15.9. The Balaban J connectivity index is 1.36. The van der Waals surface area contributed by atoms with E-state index in [4.69, 9.17) is 16.0 Å². The maximum absolute atomic E-state index is 12.6. The highest BCUT2D eigenvalue weighted by Gasteiger charge is 2.27. The number of halogens is 1. The summed E-state index contributed by atoms with van der Waals surface area (Å²) in [7, 11) is 1.84. The second kappa shape index (κ2) is 9.85. The molecular formula is C26H24ClN3O3. The first-order valence-corrected chi connectivity index (χ1v) is 11.0. The number of benzene rings is 2. The minimum Gasteiger partial charge on any atom is -0.443 e. The molecule has 1 unspecified atom stereocenters. The fraction of sp³-hybridized carbons (Fsp3) is 0.231. The molecule has 7 heteroatoms. The second-order valence-corrected chi connectivity index (χ2v) is 8.32. The Morgan fingerprint density at radius 1 is 1.09 bits per heavy atom. The zero-order chi connectivity index (χ0) is 23.4. The number of nitrogens with zero attached hydrogens (tertiary/aromatic N) is 2. The van der Waals surface area contributed by atoms with E-state index in [1.54, 1.807) is 30.0 Å². The lowest BCUT2D eigenvalue weighted by molar-refractivity contribution is -0.129. The molecule has 1 aliphatic rings. The van der Waals surface area contributed by atoms with Crippen molar-refractivity contribution in [3.05, 3.63) is 82.8 Å². The quantitative estimate of drug-likeness (QED) is 0.575. The molecule has 3 aromatic rings. The van der Waals surface area contributed by atoms with Crippen LogP contribution in [0.1, 0.15) is 35.2 Å². The summed E-state index contributed by atoms with van der Waals surface area (Å²) in [4.78, 5) is 28.2. The maximum Gasteiger partial charge on any atom is 0.291 e. The first kappa shape index (κ1) is 22.5. The van der Waals surface area contributed by atoms with Crippen molar-refractivity contribution in [2.24, 2.45) is 0 Å². The fourth-order valence-corrected chi connectivity index (χ4v) is 3.90. The summed E-state index contributed by atoms with van der Waals surface area (Å²) in [6, 6.07) is 18.4. The van der Waals surface area contributed by atoms with Gasteiger partial charge in [-0.05, 0) is 60.9 Å². The van der Waals surface area contributed by atoms with E-state index in [0.717, 1.165) is 25.2 Å². The Morgan fingerprint density at radius 2 is 1.85 bits per heavy atom. The maximum atomic E-state index is 12.6. The number of hydrogen-bond acceptors (Lipinski definition) is 4. The van der Waals surface area contributed by atoms with Gasteiger partial charge in [-0.25, -0.2) is 0 Å². The normalized spacial score (nSPS) is 15.0. The van der Waals surface area contributed by atoms with Gasteiger partial charge in [0, 0.05) is 44.0 Å². The summed E-state index contributed by atoms with van der Waals surface area (Å²) < 4.78 is 5.57. The molecule has 0 radical (unpaired) electrons.